The van der Waals surface area contributed by atoms with E-state index >= 15 is 0 Å². The van der Waals surface area contributed by atoms with Gasteiger partial charge in [0.1, 0.15) is 5.82 Å². The Labute approximate surface area is 184 Å². The summed E-state index contributed by atoms with van der Waals surface area (Å²) in [6.07, 6.45) is 3.11. The second kappa shape index (κ2) is 9.73. The van der Waals surface area contributed by atoms with Crippen molar-refractivity contribution in [1.82, 2.24) is 20.1 Å². The molecule has 0 aliphatic carbocycles. The molecule has 0 radical (unpaired) electrons. The van der Waals surface area contributed by atoms with Crippen LogP contribution < -0.4 is 10.6 Å². The van der Waals surface area contributed by atoms with Crippen molar-refractivity contribution in [2.24, 2.45) is 0 Å². The minimum atomic E-state index is -0.245. The highest BCUT2D eigenvalue weighted by atomic mass is 35.5. The zero-order valence-corrected chi connectivity index (χ0v) is 18.1. The summed E-state index contributed by atoms with van der Waals surface area (Å²) < 4.78 is 15.4. The fourth-order valence-electron chi connectivity index (χ4n) is 3.55. The van der Waals surface area contributed by atoms with Crippen molar-refractivity contribution >= 4 is 40.3 Å². The minimum absolute atomic E-state index is 0.0311. The quantitative estimate of drug-likeness (QED) is 0.375. The number of urea groups is 1. The van der Waals surface area contributed by atoms with E-state index in [9.17, 15) is 9.18 Å². The largest absolute Gasteiger partial charge is 0.336 e. The molecule has 0 bridgehead atoms. The lowest BCUT2D eigenvalue weighted by molar-refractivity contribution is 0.217. The Morgan fingerprint density at radius 2 is 2.00 bits per heavy atom. The number of nitrogens with one attached hydrogen (secondary N) is 2. The number of halogens is 2. The topological polar surface area (TPSA) is 49.3 Å². The Hall–Kier alpha value is -2.22. The number of hydrogen-bond acceptors (Lipinski definition) is 3. The van der Waals surface area contributed by atoms with Crippen molar-refractivity contribution < 1.29 is 9.18 Å². The van der Waals surface area contributed by atoms with Crippen LogP contribution in [-0.2, 0) is 0 Å². The van der Waals surface area contributed by atoms with Gasteiger partial charge in [-0.05, 0) is 61.2 Å². The van der Waals surface area contributed by atoms with E-state index in [2.05, 4.69) is 21.4 Å². The zero-order chi connectivity index (χ0) is 20.9. The predicted octanol–water partition coefficient (Wildman–Crippen LogP) is 4.52. The van der Waals surface area contributed by atoms with Crippen LogP contribution in [0.15, 0.2) is 53.6 Å². The highest BCUT2D eigenvalue weighted by Gasteiger charge is 2.18. The van der Waals surface area contributed by atoms with E-state index in [-0.39, 0.29) is 11.8 Å². The van der Waals surface area contributed by atoms with Gasteiger partial charge < -0.3 is 20.1 Å². The van der Waals surface area contributed by atoms with Crippen molar-refractivity contribution in [3.8, 4) is 5.69 Å². The molecule has 30 heavy (non-hydrogen) atoms. The standard InChI is InChI=1S/C22H24ClFN4OS/c23-16-2-7-20-19(14-16)21(15-28(20)18-5-3-17(24)4-6-18)30-13-1-8-25-9-11-27-12-10-26-22(27)29/h2-7,14-15,25H,1,8-13H2,(H,26,29). The molecule has 0 saturated carbocycles. The van der Waals surface area contributed by atoms with E-state index in [1.807, 2.05) is 23.1 Å². The molecule has 1 aliphatic rings. The Kier molecular flexibility index (Phi) is 6.82. The van der Waals surface area contributed by atoms with Gasteiger partial charge in [0.05, 0.1) is 5.52 Å². The third kappa shape index (κ3) is 4.91. The van der Waals surface area contributed by atoms with Crippen molar-refractivity contribution in [1.29, 1.82) is 0 Å². The maximum atomic E-state index is 13.3. The summed E-state index contributed by atoms with van der Waals surface area (Å²) >= 11 is 8.03. The van der Waals surface area contributed by atoms with Gasteiger partial charge in [0, 0.05) is 53.4 Å². The summed E-state index contributed by atoms with van der Waals surface area (Å²) in [5.74, 6) is 0.720. The van der Waals surface area contributed by atoms with E-state index in [1.54, 1.807) is 23.9 Å². The molecule has 5 nitrogen and oxygen atoms in total. The monoisotopic (exact) mass is 446 g/mol. The molecule has 0 atom stereocenters. The van der Waals surface area contributed by atoms with Crippen molar-refractivity contribution in [2.45, 2.75) is 11.3 Å². The van der Waals surface area contributed by atoms with E-state index in [1.165, 1.54) is 12.1 Å². The number of carbonyl (C=O) groups is 1. The lowest BCUT2D eigenvalue weighted by atomic mass is 10.2. The number of fused-ring (bicyclic) bond motifs is 1. The fourth-order valence-corrected chi connectivity index (χ4v) is 4.72. The number of hydrogen-bond donors (Lipinski definition) is 2. The third-order valence-electron chi connectivity index (χ3n) is 5.09. The van der Waals surface area contributed by atoms with Crippen LogP contribution in [0.5, 0.6) is 0 Å². The summed E-state index contributed by atoms with van der Waals surface area (Å²) in [6, 6.07) is 12.4. The minimum Gasteiger partial charge on any atom is -0.336 e. The summed E-state index contributed by atoms with van der Waals surface area (Å²) in [5.41, 5.74) is 1.97. The van der Waals surface area contributed by atoms with Crippen LogP contribution in [0.2, 0.25) is 5.02 Å². The highest BCUT2D eigenvalue weighted by Crippen LogP contribution is 2.34. The van der Waals surface area contributed by atoms with E-state index in [0.29, 0.717) is 5.02 Å². The number of thioether (sulfide) groups is 1. The lowest BCUT2D eigenvalue weighted by Gasteiger charge is -2.14. The predicted molar refractivity (Wildman–Crippen MR) is 121 cm³/mol. The molecule has 2 N–H and O–H groups in total. The molecule has 2 amide bonds. The average molecular weight is 447 g/mol. The zero-order valence-electron chi connectivity index (χ0n) is 16.5. The molecule has 2 heterocycles. The fraction of sp³-hybridized carbons (Fsp3) is 0.318. The van der Waals surface area contributed by atoms with Gasteiger partial charge in [-0.2, -0.15) is 0 Å². The number of amides is 2. The molecule has 2 aromatic carbocycles. The van der Waals surface area contributed by atoms with Crippen LogP contribution in [0.4, 0.5) is 9.18 Å². The summed E-state index contributed by atoms with van der Waals surface area (Å²) in [6.45, 7) is 3.97. The van der Waals surface area contributed by atoms with Gasteiger partial charge in [0.25, 0.3) is 0 Å². The van der Waals surface area contributed by atoms with Crippen LogP contribution in [0.3, 0.4) is 0 Å². The second-order valence-electron chi connectivity index (χ2n) is 7.17. The first-order valence-electron chi connectivity index (χ1n) is 10.0. The van der Waals surface area contributed by atoms with E-state index in [4.69, 9.17) is 11.6 Å². The van der Waals surface area contributed by atoms with Crippen molar-refractivity contribution in [3.63, 3.8) is 0 Å². The van der Waals surface area contributed by atoms with Gasteiger partial charge in [-0.15, -0.1) is 11.8 Å². The molecular weight excluding hydrogens is 423 g/mol. The molecule has 1 aliphatic heterocycles. The van der Waals surface area contributed by atoms with Gasteiger partial charge in [-0.1, -0.05) is 11.6 Å². The van der Waals surface area contributed by atoms with Gasteiger partial charge in [0.2, 0.25) is 0 Å². The molecule has 0 unspecified atom stereocenters. The first kappa shape index (κ1) is 21.0. The van der Waals surface area contributed by atoms with Gasteiger partial charge in [0.15, 0.2) is 0 Å². The first-order valence-corrected chi connectivity index (χ1v) is 11.4. The SMILES string of the molecule is O=C1NCCN1CCNCCCSc1cn(-c2ccc(F)cc2)c2ccc(Cl)cc12. The maximum absolute atomic E-state index is 13.3. The average Bonchev–Trinajstić information content (AvgIpc) is 3.31. The van der Waals surface area contributed by atoms with Gasteiger partial charge >= 0.3 is 6.03 Å². The normalized spacial score (nSPS) is 13.9. The van der Waals surface area contributed by atoms with Crippen LogP contribution in [0.25, 0.3) is 16.6 Å². The number of carbonyl (C=O) groups excluding carboxylic acids is 1. The Balaban J connectivity index is 1.34. The van der Waals surface area contributed by atoms with E-state index < -0.39 is 0 Å². The Morgan fingerprint density at radius 3 is 2.77 bits per heavy atom. The molecule has 0 spiro atoms. The summed E-state index contributed by atoms with van der Waals surface area (Å²) in [7, 11) is 0. The van der Waals surface area contributed by atoms with Crippen LogP contribution in [-0.4, -0.2) is 54.0 Å². The summed E-state index contributed by atoms with van der Waals surface area (Å²) in [4.78, 5) is 14.5. The number of aromatic nitrogens is 1. The summed E-state index contributed by atoms with van der Waals surface area (Å²) in [5, 5.41) is 8.02. The van der Waals surface area contributed by atoms with Crippen LogP contribution in [0.1, 0.15) is 6.42 Å². The smallest absolute Gasteiger partial charge is 0.317 e. The van der Waals surface area contributed by atoms with Crippen LogP contribution in [0, 0.1) is 5.82 Å². The lowest BCUT2D eigenvalue weighted by Crippen LogP contribution is -2.35. The molecule has 8 heteroatoms. The third-order valence-corrected chi connectivity index (χ3v) is 6.46. The second-order valence-corrected chi connectivity index (χ2v) is 8.75. The molecular formula is C22H24ClFN4OS. The highest BCUT2D eigenvalue weighted by molar-refractivity contribution is 7.99. The Bertz CT molecular complexity index is 1020. The number of rotatable bonds is 9. The number of nitrogens with zero attached hydrogens (tertiary/aromatic N) is 2. The van der Waals surface area contributed by atoms with Crippen LogP contribution >= 0.6 is 23.4 Å². The van der Waals surface area contributed by atoms with E-state index in [0.717, 1.165) is 66.4 Å². The first-order chi connectivity index (χ1) is 14.6. The van der Waals surface area contributed by atoms with Gasteiger partial charge in [-0.25, -0.2) is 9.18 Å². The molecule has 1 saturated heterocycles. The van der Waals surface area contributed by atoms with Gasteiger partial charge in [-0.3, -0.25) is 0 Å². The number of benzene rings is 2. The maximum Gasteiger partial charge on any atom is 0.317 e. The Morgan fingerprint density at radius 1 is 1.17 bits per heavy atom. The molecule has 3 aromatic rings. The molecule has 1 fully saturated rings. The van der Waals surface area contributed by atoms with Crippen molar-refractivity contribution in [3.05, 3.63) is 59.5 Å². The van der Waals surface area contributed by atoms with Crippen molar-refractivity contribution in [2.75, 3.05) is 38.5 Å². The molecule has 158 valence electrons. The molecule has 1 aromatic heterocycles. The molecule has 4 rings (SSSR count).